The van der Waals surface area contributed by atoms with Crippen molar-refractivity contribution in [2.75, 3.05) is 13.2 Å². The van der Waals surface area contributed by atoms with E-state index in [1.165, 1.54) is 12.5 Å². The molecule has 0 amide bonds. The first-order valence-electron chi connectivity index (χ1n) is 6.72. The molecular formula is C15H24FNO. The smallest absolute Gasteiger partial charge is 0.126 e. The Labute approximate surface area is 110 Å². The molecular weight excluding hydrogens is 229 g/mol. The van der Waals surface area contributed by atoms with Gasteiger partial charge in [0.05, 0.1) is 6.61 Å². The zero-order chi connectivity index (χ0) is 13.4. The molecule has 0 saturated heterocycles. The van der Waals surface area contributed by atoms with E-state index in [0.717, 1.165) is 25.1 Å². The molecule has 18 heavy (non-hydrogen) atoms. The Kier molecular flexibility index (Phi) is 6.73. The number of benzene rings is 1. The highest BCUT2D eigenvalue weighted by Crippen LogP contribution is 2.16. The third-order valence-electron chi connectivity index (χ3n) is 2.77. The van der Waals surface area contributed by atoms with Gasteiger partial charge >= 0.3 is 0 Å². The first-order valence-corrected chi connectivity index (χ1v) is 6.72. The van der Waals surface area contributed by atoms with Gasteiger partial charge in [0, 0.05) is 6.04 Å². The molecule has 0 aliphatic carbocycles. The summed E-state index contributed by atoms with van der Waals surface area (Å²) in [5.41, 5.74) is 0.633. The number of nitrogens with one attached hydrogen (secondary N) is 1. The second-order valence-corrected chi connectivity index (χ2v) is 4.93. The molecule has 1 aromatic carbocycles. The molecule has 0 heterocycles. The van der Waals surface area contributed by atoms with Gasteiger partial charge in [-0.25, -0.2) is 4.39 Å². The number of hydrogen-bond donors (Lipinski definition) is 1. The Bertz CT molecular complexity index is 352. The number of halogens is 1. The lowest BCUT2D eigenvalue weighted by atomic mass is 10.2. The van der Waals surface area contributed by atoms with Gasteiger partial charge in [0.25, 0.3) is 0 Å². The summed E-state index contributed by atoms with van der Waals surface area (Å²) in [5, 5.41) is 3.39. The van der Waals surface area contributed by atoms with Crippen molar-refractivity contribution in [2.45, 2.75) is 46.1 Å². The lowest BCUT2D eigenvalue weighted by molar-refractivity contribution is 0.304. The number of ether oxygens (including phenoxy) is 1. The summed E-state index contributed by atoms with van der Waals surface area (Å²) < 4.78 is 18.6. The molecule has 2 nitrogen and oxygen atoms in total. The van der Waals surface area contributed by atoms with E-state index in [-0.39, 0.29) is 5.82 Å². The molecule has 0 spiro atoms. The van der Waals surface area contributed by atoms with Crippen LogP contribution in [0.5, 0.6) is 5.75 Å². The van der Waals surface area contributed by atoms with Crippen LogP contribution in [0.2, 0.25) is 0 Å². The number of aryl methyl sites for hydroxylation is 1. The van der Waals surface area contributed by atoms with Crippen LogP contribution >= 0.6 is 0 Å². The summed E-state index contributed by atoms with van der Waals surface area (Å²) in [4.78, 5) is 0. The maximum absolute atomic E-state index is 13.0. The van der Waals surface area contributed by atoms with E-state index < -0.39 is 0 Å². The van der Waals surface area contributed by atoms with E-state index in [1.807, 2.05) is 0 Å². The van der Waals surface area contributed by atoms with Gasteiger partial charge in [-0.05, 0) is 56.5 Å². The second kappa shape index (κ2) is 8.09. The molecule has 1 aromatic rings. The van der Waals surface area contributed by atoms with Crippen molar-refractivity contribution >= 4 is 0 Å². The molecule has 0 saturated carbocycles. The third-order valence-corrected chi connectivity index (χ3v) is 2.77. The fourth-order valence-corrected chi connectivity index (χ4v) is 1.69. The van der Waals surface area contributed by atoms with Gasteiger partial charge in [-0.2, -0.15) is 0 Å². The molecule has 0 atom stereocenters. The summed E-state index contributed by atoms with van der Waals surface area (Å²) in [6.45, 7) is 7.82. The van der Waals surface area contributed by atoms with E-state index in [0.29, 0.717) is 18.2 Å². The van der Waals surface area contributed by atoms with Crippen molar-refractivity contribution < 1.29 is 9.13 Å². The maximum atomic E-state index is 13.0. The van der Waals surface area contributed by atoms with E-state index in [4.69, 9.17) is 4.74 Å². The fourth-order valence-electron chi connectivity index (χ4n) is 1.69. The predicted octanol–water partition coefficient (Wildman–Crippen LogP) is 3.68. The Morgan fingerprint density at radius 1 is 1.22 bits per heavy atom. The summed E-state index contributed by atoms with van der Waals surface area (Å²) in [5.74, 6) is 0.580. The summed E-state index contributed by atoms with van der Waals surface area (Å²) in [6.07, 6.45) is 3.36. The highest BCUT2D eigenvalue weighted by atomic mass is 19.1. The van der Waals surface area contributed by atoms with Crippen LogP contribution in [0.25, 0.3) is 0 Å². The standard InChI is InChI=1S/C15H24FNO/c1-12(2)17-9-5-4-6-10-18-14-7-8-15(16)13(3)11-14/h7-8,11-12,17H,4-6,9-10H2,1-3H3. The van der Waals surface area contributed by atoms with Crippen LogP contribution in [0.4, 0.5) is 4.39 Å². The molecule has 0 fully saturated rings. The Morgan fingerprint density at radius 3 is 2.67 bits per heavy atom. The van der Waals surface area contributed by atoms with Crippen molar-refractivity contribution in [1.82, 2.24) is 5.32 Å². The minimum absolute atomic E-state index is 0.179. The van der Waals surface area contributed by atoms with E-state index >= 15 is 0 Å². The first kappa shape index (κ1) is 15.0. The Hall–Kier alpha value is -1.09. The zero-order valence-corrected chi connectivity index (χ0v) is 11.6. The summed E-state index contributed by atoms with van der Waals surface area (Å²) in [7, 11) is 0. The zero-order valence-electron chi connectivity index (χ0n) is 11.6. The Morgan fingerprint density at radius 2 is 2.00 bits per heavy atom. The maximum Gasteiger partial charge on any atom is 0.126 e. The van der Waals surface area contributed by atoms with E-state index in [9.17, 15) is 4.39 Å². The van der Waals surface area contributed by atoms with Crippen LogP contribution in [-0.2, 0) is 0 Å². The van der Waals surface area contributed by atoms with Gasteiger partial charge in [-0.15, -0.1) is 0 Å². The van der Waals surface area contributed by atoms with Gasteiger partial charge in [0.1, 0.15) is 11.6 Å². The molecule has 102 valence electrons. The van der Waals surface area contributed by atoms with E-state index in [2.05, 4.69) is 19.2 Å². The van der Waals surface area contributed by atoms with Crippen LogP contribution in [-0.4, -0.2) is 19.2 Å². The minimum Gasteiger partial charge on any atom is -0.494 e. The molecule has 0 bridgehead atoms. The quantitative estimate of drug-likeness (QED) is 0.714. The van der Waals surface area contributed by atoms with Crippen LogP contribution in [0, 0.1) is 12.7 Å². The molecule has 1 N–H and O–H groups in total. The lowest BCUT2D eigenvalue weighted by Crippen LogP contribution is -2.23. The molecule has 1 rings (SSSR count). The van der Waals surface area contributed by atoms with Crippen LogP contribution < -0.4 is 10.1 Å². The molecule has 0 radical (unpaired) electrons. The third kappa shape index (κ3) is 6.01. The molecule has 0 aliphatic heterocycles. The minimum atomic E-state index is -0.179. The highest BCUT2D eigenvalue weighted by molar-refractivity contribution is 5.28. The first-order chi connectivity index (χ1) is 8.59. The van der Waals surface area contributed by atoms with Gasteiger partial charge < -0.3 is 10.1 Å². The number of unbranched alkanes of at least 4 members (excludes halogenated alkanes) is 2. The van der Waals surface area contributed by atoms with Crippen LogP contribution in [0.15, 0.2) is 18.2 Å². The van der Waals surface area contributed by atoms with Gasteiger partial charge in [0.2, 0.25) is 0 Å². The second-order valence-electron chi connectivity index (χ2n) is 4.93. The SMILES string of the molecule is Cc1cc(OCCCCCNC(C)C)ccc1F. The number of rotatable bonds is 8. The summed E-state index contributed by atoms with van der Waals surface area (Å²) >= 11 is 0. The Balaban J connectivity index is 2.09. The highest BCUT2D eigenvalue weighted by Gasteiger charge is 1.99. The molecule has 0 aliphatic rings. The van der Waals surface area contributed by atoms with Gasteiger partial charge in [-0.3, -0.25) is 0 Å². The lowest BCUT2D eigenvalue weighted by Gasteiger charge is -2.09. The van der Waals surface area contributed by atoms with Gasteiger partial charge in [-0.1, -0.05) is 13.8 Å². The normalized spacial score (nSPS) is 10.9. The van der Waals surface area contributed by atoms with Crippen molar-refractivity contribution in [3.63, 3.8) is 0 Å². The van der Waals surface area contributed by atoms with Crippen LogP contribution in [0.1, 0.15) is 38.7 Å². The fraction of sp³-hybridized carbons (Fsp3) is 0.600. The van der Waals surface area contributed by atoms with Crippen molar-refractivity contribution in [3.8, 4) is 5.75 Å². The molecule has 0 aromatic heterocycles. The van der Waals surface area contributed by atoms with Crippen molar-refractivity contribution in [2.24, 2.45) is 0 Å². The van der Waals surface area contributed by atoms with E-state index in [1.54, 1.807) is 19.1 Å². The predicted molar refractivity (Wildman–Crippen MR) is 73.6 cm³/mol. The topological polar surface area (TPSA) is 21.3 Å². The molecule has 0 unspecified atom stereocenters. The van der Waals surface area contributed by atoms with Crippen molar-refractivity contribution in [1.29, 1.82) is 0 Å². The van der Waals surface area contributed by atoms with Crippen LogP contribution in [0.3, 0.4) is 0 Å². The molecule has 3 heteroatoms. The largest absolute Gasteiger partial charge is 0.494 e. The number of hydrogen-bond acceptors (Lipinski definition) is 2. The van der Waals surface area contributed by atoms with Gasteiger partial charge in [0.15, 0.2) is 0 Å². The average molecular weight is 253 g/mol. The van der Waals surface area contributed by atoms with Crippen molar-refractivity contribution in [3.05, 3.63) is 29.6 Å². The monoisotopic (exact) mass is 253 g/mol. The average Bonchev–Trinajstić information content (AvgIpc) is 2.32. The summed E-state index contributed by atoms with van der Waals surface area (Å²) in [6, 6.07) is 5.44.